The minimum atomic E-state index is -0.430. The van der Waals surface area contributed by atoms with E-state index in [-0.39, 0.29) is 0 Å². The minimum absolute atomic E-state index is 0.382. The average molecular weight is 398 g/mol. The highest BCUT2D eigenvalue weighted by Gasteiger charge is 2.51. The van der Waals surface area contributed by atoms with Gasteiger partial charge in [0.15, 0.2) is 0 Å². The Morgan fingerprint density at radius 1 is 0.966 bits per heavy atom. The van der Waals surface area contributed by atoms with Gasteiger partial charge in [-0.15, -0.1) is 0 Å². The maximum Gasteiger partial charge on any atom is 0.119 e. The van der Waals surface area contributed by atoms with Crippen LogP contribution in [0.2, 0.25) is 0 Å². The van der Waals surface area contributed by atoms with Crippen LogP contribution in [0.4, 0.5) is 0 Å². The number of benzene rings is 1. The molecule has 1 aromatic carbocycles. The molecule has 0 radical (unpaired) electrons. The van der Waals surface area contributed by atoms with Crippen LogP contribution in [0.5, 0.6) is 5.75 Å². The summed E-state index contributed by atoms with van der Waals surface area (Å²) in [6, 6.07) is 10.1. The van der Waals surface area contributed by atoms with E-state index in [1.807, 2.05) is 0 Å². The van der Waals surface area contributed by atoms with E-state index in [2.05, 4.69) is 43.0 Å². The minimum Gasteiger partial charge on any atom is -0.491 e. The number of hydrogen-bond donors (Lipinski definition) is 1. The first-order valence-electron chi connectivity index (χ1n) is 12.2. The van der Waals surface area contributed by atoms with Gasteiger partial charge in [0.2, 0.25) is 0 Å². The highest BCUT2D eigenvalue weighted by Crippen LogP contribution is 2.60. The highest BCUT2D eigenvalue weighted by molar-refractivity contribution is 5.34. The van der Waals surface area contributed by atoms with Gasteiger partial charge in [0.1, 0.15) is 18.5 Å². The summed E-state index contributed by atoms with van der Waals surface area (Å²) in [5.41, 5.74) is 1.99. The number of β-amino-alcohol motifs (C(OH)–C–C–N with tert-alkyl or cyclic N) is 1. The smallest absolute Gasteiger partial charge is 0.119 e. The van der Waals surface area contributed by atoms with Gasteiger partial charge in [0.05, 0.1) is 0 Å². The Kier molecular flexibility index (Phi) is 5.41. The van der Waals surface area contributed by atoms with Crippen LogP contribution in [-0.2, 0) is 5.41 Å². The Labute approximate surface area is 176 Å². The van der Waals surface area contributed by atoms with Crippen LogP contribution in [0, 0.1) is 17.8 Å². The van der Waals surface area contributed by atoms with Crippen LogP contribution in [0.25, 0.3) is 0 Å². The van der Waals surface area contributed by atoms with Crippen LogP contribution in [0.3, 0.4) is 0 Å². The van der Waals surface area contributed by atoms with Crippen molar-refractivity contribution in [2.24, 2.45) is 17.8 Å². The molecule has 5 aliphatic rings. The van der Waals surface area contributed by atoms with Crippen LogP contribution < -0.4 is 4.74 Å². The van der Waals surface area contributed by atoms with Crippen LogP contribution in [-0.4, -0.2) is 41.3 Å². The molecule has 4 bridgehead atoms. The van der Waals surface area contributed by atoms with E-state index in [1.54, 1.807) is 5.56 Å². The molecule has 1 heterocycles. The third-order valence-electron chi connectivity index (χ3n) is 8.74. The predicted molar refractivity (Wildman–Crippen MR) is 117 cm³/mol. The Balaban J connectivity index is 1.17. The zero-order valence-electron chi connectivity index (χ0n) is 18.4. The van der Waals surface area contributed by atoms with Crippen molar-refractivity contribution in [1.82, 2.24) is 4.90 Å². The summed E-state index contributed by atoms with van der Waals surface area (Å²) >= 11 is 0. The molecule has 1 aromatic rings. The Hall–Kier alpha value is -1.06. The molecule has 1 saturated heterocycles. The summed E-state index contributed by atoms with van der Waals surface area (Å²) in [5.74, 6) is 3.84. The van der Waals surface area contributed by atoms with E-state index < -0.39 is 6.10 Å². The number of ether oxygens (including phenoxy) is 1. The van der Waals surface area contributed by atoms with Crippen molar-refractivity contribution < 1.29 is 9.84 Å². The van der Waals surface area contributed by atoms with Gasteiger partial charge in [-0.25, -0.2) is 0 Å². The van der Waals surface area contributed by atoms with Crippen molar-refractivity contribution in [3.8, 4) is 5.75 Å². The van der Waals surface area contributed by atoms with Crippen molar-refractivity contribution in [1.29, 1.82) is 0 Å². The Morgan fingerprint density at radius 2 is 1.52 bits per heavy atom. The lowest BCUT2D eigenvalue weighted by atomic mass is 9.48. The number of hydrogen-bond acceptors (Lipinski definition) is 3. The fourth-order valence-electron chi connectivity index (χ4n) is 7.69. The molecule has 0 amide bonds. The van der Waals surface area contributed by atoms with Gasteiger partial charge in [-0.05, 0) is 106 Å². The van der Waals surface area contributed by atoms with E-state index in [4.69, 9.17) is 4.74 Å². The van der Waals surface area contributed by atoms with Crippen LogP contribution in [0.1, 0.15) is 77.2 Å². The first kappa shape index (κ1) is 19.9. The molecule has 160 valence electrons. The molecular weight excluding hydrogens is 358 g/mol. The number of rotatable bonds is 6. The third-order valence-corrected chi connectivity index (χ3v) is 8.74. The van der Waals surface area contributed by atoms with Crippen molar-refractivity contribution in [2.45, 2.75) is 95.2 Å². The third kappa shape index (κ3) is 3.97. The normalized spacial score (nSPS) is 40.2. The van der Waals surface area contributed by atoms with Gasteiger partial charge in [0.25, 0.3) is 0 Å². The quantitative estimate of drug-likeness (QED) is 0.720. The summed E-state index contributed by atoms with van der Waals surface area (Å²) in [5, 5.41) is 10.5. The van der Waals surface area contributed by atoms with Crippen molar-refractivity contribution in [2.75, 3.05) is 13.2 Å². The summed E-state index contributed by atoms with van der Waals surface area (Å²) in [4.78, 5) is 2.45. The van der Waals surface area contributed by atoms with Gasteiger partial charge >= 0.3 is 0 Å². The molecule has 29 heavy (non-hydrogen) atoms. The molecule has 0 aromatic heterocycles. The molecular formula is C26H39NO2. The first-order valence-corrected chi connectivity index (χ1v) is 12.2. The zero-order valence-corrected chi connectivity index (χ0v) is 18.4. The number of aliphatic hydroxyl groups is 1. The molecule has 6 rings (SSSR count). The first-order chi connectivity index (χ1) is 14.0. The molecule has 0 spiro atoms. The largest absolute Gasteiger partial charge is 0.491 e. The second-order valence-electron chi connectivity index (χ2n) is 11.0. The van der Waals surface area contributed by atoms with Crippen molar-refractivity contribution in [3.05, 3.63) is 29.8 Å². The standard InChI is InChI=1S/C26H39NO2/c1-18-4-3-5-19(2)27(18)16-24(28)17-29-25-8-6-23(7-9-25)26-13-20-10-21(14-26)12-22(11-20)15-26/h6-9,18-22,24,28H,3-5,10-17H2,1-2H3/t18-,19+,20?,21?,22?,24-,26?/m1/s1. The lowest BCUT2D eigenvalue weighted by Gasteiger charge is -2.57. The molecule has 4 saturated carbocycles. The van der Waals surface area contributed by atoms with Gasteiger partial charge in [-0.2, -0.15) is 0 Å². The second kappa shape index (κ2) is 7.89. The maximum atomic E-state index is 10.5. The summed E-state index contributed by atoms with van der Waals surface area (Å²) in [6.07, 6.45) is 12.1. The number of piperidine rings is 1. The Morgan fingerprint density at radius 3 is 2.07 bits per heavy atom. The van der Waals surface area contributed by atoms with Crippen molar-refractivity contribution in [3.63, 3.8) is 0 Å². The highest BCUT2D eigenvalue weighted by atomic mass is 16.5. The van der Waals surface area contributed by atoms with Gasteiger partial charge in [-0.1, -0.05) is 18.6 Å². The van der Waals surface area contributed by atoms with E-state index in [0.717, 1.165) is 23.5 Å². The summed E-state index contributed by atoms with van der Waals surface area (Å²) < 4.78 is 5.98. The molecule has 5 fully saturated rings. The monoisotopic (exact) mass is 397 g/mol. The maximum absolute atomic E-state index is 10.5. The Bertz CT molecular complexity index is 654. The average Bonchev–Trinajstić information content (AvgIpc) is 2.69. The number of likely N-dealkylation sites (tertiary alicyclic amines) is 1. The second-order valence-corrected chi connectivity index (χ2v) is 11.0. The van der Waals surface area contributed by atoms with Gasteiger partial charge in [0, 0.05) is 18.6 Å². The number of aliphatic hydroxyl groups excluding tert-OH is 1. The fraction of sp³-hybridized carbons (Fsp3) is 0.769. The molecule has 3 nitrogen and oxygen atoms in total. The van der Waals surface area contributed by atoms with Gasteiger partial charge in [-0.3, -0.25) is 4.90 Å². The van der Waals surface area contributed by atoms with Gasteiger partial charge < -0.3 is 9.84 Å². The van der Waals surface area contributed by atoms with Crippen molar-refractivity contribution >= 4 is 0 Å². The lowest BCUT2D eigenvalue weighted by Crippen LogP contribution is -2.48. The molecule has 1 aliphatic heterocycles. The van der Waals surface area contributed by atoms with E-state index in [1.165, 1.54) is 57.8 Å². The van der Waals surface area contributed by atoms with Crippen LogP contribution in [0.15, 0.2) is 24.3 Å². The number of nitrogens with zero attached hydrogens (tertiary/aromatic N) is 1. The topological polar surface area (TPSA) is 32.7 Å². The molecule has 3 atom stereocenters. The van der Waals surface area contributed by atoms with Crippen LogP contribution >= 0.6 is 0 Å². The SMILES string of the molecule is C[C@@H]1CCC[C@H](C)N1C[C@@H](O)COc1ccc(C23CC4CC(CC(C4)C2)C3)cc1. The van der Waals surface area contributed by atoms with E-state index in [0.29, 0.717) is 30.7 Å². The summed E-state index contributed by atoms with van der Waals surface area (Å²) in [6.45, 7) is 5.67. The molecule has 3 heteroatoms. The predicted octanol–water partition coefficient (Wildman–Crippen LogP) is 5.16. The zero-order chi connectivity index (χ0) is 20.0. The van der Waals surface area contributed by atoms with E-state index in [9.17, 15) is 5.11 Å². The molecule has 1 N–H and O–H groups in total. The van der Waals surface area contributed by atoms with E-state index >= 15 is 0 Å². The molecule has 0 unspecified atom stereocenters. The summed E-state index contributed by atoms with van der Waals surface area (Å²) in [7, 11) is 0. The lowest BCUT2D eigenvalue weighted by molar-refractivity contribution is -0.00524. The fourth-order valence-corrected chi connectivity index (χ4v) is 7.69. The molecule has 4 aliphatic carbocycles.